The van der Waals surface area contributed by atoms with Crippen LogP contribution >= 0.6 is 0 Å². The van der Waals surface area contributed by atoms with E-state index in [-0.39, 0.29) is 5.91 Å². The summed E-state index contributed by atoms with van der Waals surface area (Å²) in [5, 5.41) is 0. The fourth-order valence-corrected chi connectivity index (χ4v) is 2.16. The molecular weight excluding hydrogens is 174 g/mol. The fraction of sp³-hybridized carbons (Fsp3) is 0.750. The minimum absolute atomic E-state index is 0.200. The van der Waals surface area contributed by atoms with E-state index in [0.29, 0.717) is 6.04 Å². The van der Waals surface area contributed by atoms with Gasteiger partial charge in [-0.05, 0) is 38.7 Å². The van der Waals surface area contributed by atoms with Gasteiger partial charge in [0.05, 0.1) is 0 Å². The fourth-order valence-electron chi connectivity index (χ4n) is 2.16. The molecule has 2 nitrogen and oxygen atoms in total. The number of hydrogen-bond acceptors (Lipinski definition) is 1. The lowest BCUT2D eigenvalue weighted by molar-refractivity contribution is -0.129. The summed E-state index contributed by atoms with van der Waals surface area (Å²) < 4.78 is 0. The highest BCUT2D eigenvalue weighted by atomic mass is 16.2. The Morgan fingerprint density at radius 2 is 2.29 bits per heavy atom. The summed E-state index contributed by atoms with van der Waals surface area (Å²) in [5.41, 5.74) is 0. The molecule has 80 valence electrons. The van der Waals surface area contributed by atoms with Crippen molar-refractivity contribution >= 4 is 5.91 Å². The van der Waals surface area contributed by atoms with Crippen LogP contribution in [-0.2, 0) is 4.79 Å². The van der Waals surface area contributed by atoms with Crippen LogP contribution in [0.1, 0.15) is 46.0 Å². The van der Waals surface area contributed by atoms with Crippen molar-refractivity contribution in [3.63, 3.8) is 0 Å². The molecule has 0 aromatic carbocycles. The molecule has 1 aliphatic rings. The zero-order valence-electron chi connectivity index (χ0n) is 9.33. The van der Waals surface area contributed by atoms with E-state index in [9.17, 15) is 4.79 Å². The topological polar surface area (TPSA) is 20.3 Å². The summed E-state index contributed by atoms with van der Waals surface area (Å²) >= 11 is 0. The molecule has 0 aliphatic carbocycles. The van der Waals surface area contributed by atoms with Crippen molar-refractivity contribution in [3.8, 4) is 0 Å². The summed E-state index contributed by atoms with van der Waals surface area (Å²) in [6.07, 6.45) is 9.49. The Bertz CT molecular complexity index is 208. The third-order valence-electron chi connectivity index (χ3n) is 2.84. The molecule has 0 spiro atoms. The van der Waals surface area contributed by atoms with E-state index in [1.807, 2.05) is 17.9 Å². The van der Waals surface area contributed by atoms with Gasteiger partial charge < -0.3 is 4.90 Å². The van der Waals surface area contributed by atoms with Gasteiger partial charge in [0, 0.05) is 12.6 Å². The van der Waals surface area contributed by atoms with E-state index >= 15 is 0 Å². The van der Waals surface area contributed by atoms with Crippen molar-refractivity contribution in [2.24, 2.45) is 0 Å². The molecule has 1 heterocycles. The summed E-state index contributed by atoms with van der Waals surface area (Å²) in [5.74, 6) is 0.200. The van der Waals surface area contributed by atoms with Crippen LogP contribution in [0.3, 0.4) is 0 Å². The van der Waals surface area contributed by atoms with Crippen molar-refractivity contribution in [3.05, 3.63) is 12.2 Å². The Hall–Kier alpha value is -0.790. The number of piperidine rings is 1. The number of carbonyl (C=O) groups excluding carboxylic acids is 1. The predicted molar refractivity (Wildman–Crippen MR) is 59.1 cm³/mol. The van der Waals surface area contributed by atoms with Crippen molar-refractivity contribution in [1.29, 1.82) is 0 Å². The van der Waals surface area contributed by atoms with Crippen molar-refractivity contribution in [1.82, 2.24) is 4.90 Å². The molecule has 0 radical (unpaired) electrons. The lowest BCUT2D eigenvalue weighted by Gasteiger charge is -2.35. The minimum Gasteiger partial charge on any atom is -0.336 e. The summed E-state index contributed by atoms with van der Waals surface area (Å²) in [4.78, 5) is 13.8. The number of allylic oxidation sites excluding steroid dienone is 1. The number of likely N-dealkylation sites (tertiary alicyclic amines) is 1. The number of nitrogens with zero attached hydrogens (tertiary/aromatic N) is 1. The molecule has 1 unspecified atom stereocenters. The number of carbonyl (C=O) groups is 1. The molecule has 2 heteroatoms. The Balaban J connectivity index is 2.57. The third-order valence-corrected chi connectivity index (χ3v) is 2.84. The molecule has 1 amide bonds. The van der Waals surface area contributed by atoms with Crippen LogP contribution in [0.4, 0.5) is 0 Å². The van der Waals surface area contributed by atoms with E-state index in [1.165, 1.54) is 25.7 Å². The highest BCUT2D eigenvalue weighted by Gasteiger charge is 2.23. The van der Waals surface area contributed by atoms with E-state index in [0.717, 1.165) is 13.0 Å². The SMILES string of the molecule is C/C=C/C(=O)N1CCCCC1CCC. The average Bonchev–Trinajstić information content (AvgIpc) is 2.19. The van der Waals surface area contributed by atoms with E-state index < -0.39 is 0 Å². The molecule has 1 aliphatic heterocycles. The summed E-state index contributed by atoms with van der Waals surface area (Å²) in [6, 6.07) is 0.498. The van der Waals surface area contributed by atoms with E-state index in [1.54, 1.807) is 6.08 Å². The highest BCUT2D eigenvalue weighted by Crippen LogP contribution is 2.20. The predicted octanol–water partition coefficient (Wildman–Crippen LogP) is 2.74. The molecule has 0 saturated carbocycles. The first-order chi connectivity index (χ1) is 6.79. The van der Waals surface area contributed by atoms with Crippen LogP contribution in [0.25, 0.3) is 0 Å². The summed E-state index contributed by atoms with van der Waals surface area (Å²) in [6.45, 7) is 5.04. The molecule has 0 aromatic heterocycles. The van der Waals surface area contributed by atoms with Crippen LogP contribution in [0, 0.1) is 0 Å². The maximum atomic E-state index is 11.7. The molecule has 0 bridgehead atoms. The average molecular weight is 195 g/mol. The van der Waals surface area contributed by atoms with E-state index in [4.69, 9.17) is 0 Å². The lowest BCUT2D eigenvalue weighted by Crippen LogP contribution is -2.42. The molecule has 0 N–H and O–H groups in total. The van der Waals surface area contributed by atoms with Gasteiger partial charge in [-0.2, -0.15) is 0 Å². The second kappa shape index (κ2) is 5.84. The first-order valence-corrected chi connectivity index (χ1v) is 5.73. The number of hydrogen-bond donors (Lipinski definition) is 0. The molecule has 14 heavy (non-hydrogen) atoms. The monoisotopic (exact) mass is 195 g/mol. The zero-order valence-corrected chi connectivity index (χ0v) is 9.33. The van der Waals surface area contributed by atoms with Crippen LogP contribution in [0.15, 0.2) is 12.2 Å². The van der Waals surface area contributed by atoms with Gasteiger partial charge in [-0.3, -0.25) is 4.79 Å². The molecule has 1 atom stereocenters. The maximum absolute atomic E-state index is 11.7. The minimum atomic E-state index is 0.200. The molecule has 1 saturated heterocycles. The largest absolute Gasteiger partial charge is 0.336 e. The van der Waals surface area contributed by atoms with Gasteiger partial charge in [-0.1, -0.05) is 19.4 Å². The second-order valence-corrected chi connectivity index (χ2v) is 3.97. The van der Waals surface area contributed by atoms with Gasteiger partial charge in [0.25, 0.3) is 0 Å². The van der Waals surface area contributed by atoms with Gasteiger partial charge in [0.1, 0.15) is 0 Å². The summed E-state index contributed by atoms with van der Waals surface area (Å²) in [7, 11) is 0. The first-order valence-electron chi connectivity index (χ1n) is 5.73. The maximum Gasteiger partial charge on any atom is 0.246 e. The van der Waals surface area contributed by atoms with Crippen LogP contribution in [0.5, 0.6) is 0 Å². The van der Waals surface area contributed by atoms with Gasteiger partial charge in [0.2, 0.25) is 5.91 Å². The van der Waals surface area contributed by atoms with Gasteiger partial charge >= 0.3 is 0 Å². The number of rotatable bonds is 3. The van der Waals surface area contributed by atoms with Crippen LogP contribution in [0.2, 0.25) is 0 Å². The Morgan fingerprint density at radius 3 is 2.93 bits per heavy atom. The Morgan fingerprint density at radius 1 is 1.50 bits per heavy atom. The van der Waals surface area contributed by atoms with Gasteiger partial charge in [-0.15, -0.1) is 0 Å². The van der Waals surface area contributed by atoms with Crippen molar-refractivity contribution < 1.29 is 4.79 Å². The Kier molecular flexibility index (Phi) is 4.71. The molecule has 1 rings (SSSR count). The normalized spacial score (nSPS) is 23.0. The van der Waals surface area contributed by atoms with Crippen LogP contribution in [-0.4, -0.2) is 23.4 Å². The van der Waals surface area contributed by atoms with E-state index in [2.05, 4.69) is 6.92 Å². The molecule has 1 fully saturated rings. The highest BCUT2D eigenvalue weighted by molar-refractivity contribution is 5.87. The first kappa shape index (κ1) is 11.3. The van der Waals surface area contributed by atoms with Gasteiger partial charge in [-0.25, -0.2) is 0 Å². The van der Waals surface area contributed by atoms with Gasteiger partial charge in [0.15, 0.2) is 0 Å². The lowest BCUT2D eigenvalue weighted by atomic mass is 9.98. The smallest absolute Gasteiger partial charge is 0.246 e. The van der Waals surface area contributed by atoms with Crippen molar-refractivity contribution in [2.75, 3.05) is 6.54 Å². The van der Waals surface area contributed by atoms with Crippen molar-refractivity contribution in [2.45, 2.75) is 52.0 Å². The van der Waals surface area contributed by atoms with Crippen LogP contribution < -0.4 is 0 Å². The quantitative estimate of drug-likeness (QED) is 0.634. The zero-order chi connectivity index (χ0) is 10.4. The Labute approximate surface area is 87.0 Å². The molecule has 0 aromatic rings. The second-order valence-electron chi connectivity index (χ2n) is 3.97. The molecular formula is C12H21NO. The standard InChI is InChI=1S/C12H21NO/c1-3-7-11-9-5-6-10-13(11)12(14)8-4-2/h4,8,11H,3,5-7,9-10H2,1-2H3/b8-4+. The number of amides is 1. The third kappa shape index (κ3) is 2.86.